The lowest BCUT2D eigenvalue weighted by Crippen LogP contribution is -2.34. The summed E-state index contributed by atoms with van der Waals surface area (Å²) in [7, 11) is 0. The highest BCUT2D eigenvalue weighted by atomic mass is 35.5. The maximum absolute atomic E-state index is 11.8. The van der Waals surface area contributed by atoms with E-state index in [0.717, 1.165) is 5.56 Å². The molecule has 1 N–H and O–H groups in total. The number of fused-ring (bicyclic) bond motifs is 2. The van der Waals surface area contributed by atoms with E-state index in [1.54, 1.807) is 12.1 Å². The van der Waals surface area contributed by atoms with Gasteiger partial charge in [0, 0.05) is 17.0 Å². The zero-order chi connectivity index (χ0) is 11.3. The minimum atomic E-state index is -1.14. The van der Waals surface area contributed by atoms with Gasteiger partial charge in [0.05, 0.1) is 0 Å². The van der Waals surface area contributed by atoms with Gasteiger partial charge in [-0.1, -0.05) is 17.7 Å². The highest BCUT2D eigenvalue weighted by molar-refractivity contribution is 6.30. The van der Waals surface area contributed by atoms with Crippen LogP contribution in [0.15, 0.2) is 18.2 Å². The Hall–Kier alpha value is -1.55. The van der Waals surface area contributed by atoms with Gasteiger partial charge in [0.1, 0.15) is 0 Å². The van der Waals surface area contributed by atoms with Gasteiger partial charge >= 0.3 is 6.09 Å². The summed E-state index contributed by atoms with van der Waals surface area (Å²) in [6, 6.07) is 5.34. The van der Waals surface area contributed by atoms with Crippen molar-refractivity contribution in [1.29, 1.82) is 0 Å². The standard InChI is InChI=1S/C11H8ClNO3/c12-7-2-1-6-3-4-11(8(6)5-7)9(14)13-10(15)16-11/h1-2,5H,3-4H2,(H,13,14,15). The van der Waals surface area contributed by atoms with Crippen molar-refractivity contribution in [3.05, 3.63) is 34.3 Å². The number of halogens is 1. The van der Waals surface area contributed by atoms with Crippen LogP contribution >= 0.6 is 11.6 Å². The van der Waals surface area contributed by atoms with Crippen molar-refractivity contribution in [2.45, 2.75) is 18.4 Å². The summed E-state index contributed by atoms with van der Waals surface area (Å²) < 4.78 is 5.15. The third-order valence-corrected chi connectivity index (χ3v) is 3.34. The van der Waals surface area contributed by atoms with Gasteiger partial charge in [-0.3, -0.25) is 10.1 Å². The molecule has 1 aromatic carbocycles. The van der Waals surface area contributed by atoms with E-state index < -0.39 is 17.6 Å². The molecule has 2 amide bonds. The smallest absolute Gasteiger partial charge is 0.415 e. The van der Waals surface area contributed by atoms with Gasteiger partial charge in [0.25, 0.3) is 5.91 Å². The molecule has 16 heavy (non-hydrogen) atoms. The molecule has 82 valence electrons. The molecule has 1 aliphatic heterocycles. The summed E-state index contributed by atoms with van der Waals surface area (Å²) in [5, 5.41) is 2.70. The van der Waals surface area contributed by atoms with E-state index in [2.05, 4.69) is 5.32 Å². The first-order valence-corrected chi connectivity index (χ1v) is 5.33. The first-order chi connectivity index (χ1) is 7.62. The van der Waals surface area contributed by atoms with E-state index in [0.29, 0.717) is 23.4 Å². The Balaban J connectivity index is 2.18. The van der Waals surface area contributed by atoms with Crippen LogP contribution in [0, 0.1) is 0 Å². The number of aryl methyl sites for hydroxylation is 1. The molecule has 1 fully saturated rings. The van der Waals surface area contributed by atoms with Crippen LogP contribution in [-0.4, -0.2) is 12.0 Å². The van der Waals surface area contributed by atoms with Crippen LogP contribution in [0.3, 0.4) is 0 Å². The summed E-state index contributed by atoms with van der Waals surface area (Å²) in [6.45, 7) is 0. The quantitative estimate of drug-likeness (QED) is 0.748. The van der Waals surface area contributed by atoms with Crippen molar-refractivity contribution in [3.63, 3.8) is 0 Å². The molecule has 1 aliphatic carbocycles. The summed E-state index contributed by atoms with van der Waals surface area (Å²) in [6.07, 6.45) is 0.519. The number of imide groups is 1. The second kappa shape index (κ2) is 2.98. The van der Waals surface area contributed by atoms with Crippen LogP contribution in [0.4, 0.5) is 4.79 Å². The molecule has 0 aromatic heterocycles. The van der Waals surface area contributed by atoms with E-state index >= 15 is 0 Å². The monoisotopic (exact) mass is 237 g/mol. The lowest BCUT2D eigenvalue weighted by molar-refractivity contribution is -0.131. The molecular formula is C11H8ClNO3. The minimum absolute atomic E-state index is 0.390. The van der Waals surface area contributed by atoms with Crippen LogP contribution in [0.25, 0.3) is 0 Å². The molecule has 3 rings (SSSR count). The molecule has 1 atom stereocenters. The number of hydrogen-bond acceptors (Lipinski definition) is 3. The van der Waals surface area contributed by atoms with Crippen molar-refractivity contribution >= 4 is 23.6 Å². The van der Waals surface area contributed by atoms with E-state index in [4.69, 9.17) is 16.3 Å². The molecule has 1 heterocycles. The molecule has 0 saturated carbocycles. The van der Waals surface area contributed by atoms with Crippen LogP contribution in [0.1, 0.15) is 17.5 Å². The third kappa shape index (κ3) is 1.10. The van der Waals surface area contributed by atoms with Gasteiger partial charge < -0.3 is 4.74 Å². The number of amides is 2. The third-order valence-electron chi connectivity index (χ3n) is 3.10. The second-order valence-corrected chi connectivity index (χ2v) is 4.41. The highest BCUT2D eigenvalue weighted by Gasteiger charge is 2.54. The highest BCUT2D eigenvalue weighted by Crippen LogP contribution is 2.43. The summed E-state index contributed by atoms with van der Waals surface area (Å²) in [5.41, 5.74) is 0.578. The number of benzene rings is 1. The van der Waals surface area contributed by atoms with Crippen LogP contribution in [0.5, 0.6) is 0 Å². The zero-order valence-corrected chi connectivity index (χ0v) is 9.00. The summed E-state index contributed by atoms with van der Waals surface area (Å²) in [4.78, 5) is 22.9. The SMILES string of the molecule is O=C1NC(=O)C2(CCc3ccc(Cl)cc32)O1. The average molecular weight is 238 g/mol. The molecule has 2 aliphatic rings. The Morgan fingerprint density at radius 1 is 1.38 bits per heavy atom. The molecule has 1 saturated heterocycles. The Morgan fingerprint density at radius 3 is 2.88 bits per heavy atom. The lowest BCUT2D eigenvalue weighted by Gasteiger charge is -2.19. The number of rotatable bonds is 0. The second-order valence-electron chi connectivity index (χ2n) is 3.97. The van der Waals surface area contributed by atoms with Gasteiger partial charge in [-0.25, -0.2) is 4.79 Å². The molecule has 1 unspecified atom stereocenters. The fourth-order valence-electron chi connectivity index (χ4n) is 2.35. The summed E-state index contributed by atoms with van der Waals surface area (Å²) in [5.74, 6) is -0.390. The van der Waals surface area contributed by atoms with E-state index in [9.17, 15) is 9.59 Å². The van der Waals surface area contributed by atoms with Crippen LogP contribution < -0.4 is 5.32 Å². The van der Waals surface area contributed by atoms with Crippen molar-refractivity contribution in [3.8, 4) is 0 Å². The number of carbonyl (C=O) groups excluding carboxylic acids is 2. The Bertz CT molecular complexity index is 514. The molecule has 4 nitrogen and oxygen atoms in total. The van der Waals surface area contributed by atoms with Gasteiger partial charge in [0.15, 0.2) is 0 Å². The summed E-state index contributed by atoms with van der Waals surface area (Å²) >= 11 is 5.90. The Kier molecular flexibility index (Phi) is 1.80. The number of ether oxygens (including phenoxy) is 1. The zero-order valence-electron chi connectivity index (χ0n) is 8.25. The van der Waals surface area contributed by atoms with Gasteiger partial charge in [-0.15, -0.1) is 0 Å². The fourth-order valence-corrected chi connectivity index (χ4v) is 2.53. The van der Waals surface area contributed by atoms with Crippen LogP contribution in [-0.2, 0) is 21.6 Å². The lowest BCUT2D eigenvalue weighted by atomic mass is 9.95. The fraction of sp³-hybridized carbons (Fsp3) is 0.273. The van der Waals surface area contributed by atoms with E-state index in [1.165, 1.54) is 0 Å². The van der Waals surface area contributed by atoms with E-state index in [-0.39, 0.29) is 0 Å². The molecule has 1 spiro atoms. The molecule has 1 aromatic rings. The Labute approximate surface area is 96.5 Å². The maximum atomic E-state index is 11.8. The van der Waals surface area contributed by atoms with E-state index in [1.807, 2.05) is 6.07 Å². The van der Waals surface area contributed by atoms with Gasteiger partial charge in [-0.05, 0) is 24.1 Å². The Morgan fingerprint density at radius 2 is 2.19 bits per heavy atom. The first-order valence-electron chi connectivity index (χ1n) is 4.95. The average Bonchev–Trinajstić information content (AvgIpc) is 2.71. The molecular weight excluding hydrogens is 230 g/mol. The topological polar surface area (TPSA) is 55.4 Å². The van der Waals surface area contributed by atoms with Crippen molar-refractivity contribution in [1.82, 2.24) is 5.32 Å². The van der Waals surface area contributed by atoms with Crippen molar-refractivity contribution in [2.75, 3.05) is 0 Å². The number of nitrogens with one attached hydrogen (secondary N) is 1. The largest absolute Gasteiger partial charge is 0.427 e. The van der Waals surface area contributed by atoms with Crippen molar-refractivity contribution < 1.29 is 14.3 Å². The van der Waals surface area contributed by atoms with Gasteiger partial charge in [0.2, 0.25) is 5.60 Å². The predicted molar refractivity (Wildman–Crippen MR) is 56.1 cm³/mol. The normalized spacial score (nSPS) is 26.8. The molecule has 0 radical (unpaired) electrons. The number of alkyl carbamates (subject to hydrolysis) is 1. The van der Waals surface area contributed by atoms with Crippen molar-refractivity contribution in [2.24, 2.45) is 0 Å². The molecule has 0 bridgehead atoms. The van der Waals surface area contributed by atoms with Crippen LogP contribution in [0.2, 0.25) is 5.02 Å². The van der Waals surface area contributed by atoms with Gasteiger partial charge in [-0.2, -0.15) is 0 Å². The number of hydrogen-bond donors (Lipinski definition) is 1. The molecule has 5 heteroatoms. The minimum Gasteiger partial charge on any atom is -0.427 e. The predicted octanol–water partition coefficient (Wildman–Crippen LogP) is 1.75. The number of carbonyl (C=O) groups is 2. The first kappa shape index (κ1) is 9.66. The maximum Gasteiger partial charge on any atom is 0.415 e.